The number of fused-ring (bicyclic) bond motifs is 1. The van der Waals surface area contributed by atoms with Gasteiger partial charge in [-0.1, -0.05) is 41.9 Å². The molecule has 0 unspecified atom stereocenters. The molecule has 0 aliphatic carbocycles. The molecule has 0 atom stereocenters. The number of pyridine rings is 1. The van der Waals surface area contributed by atoms with Gasteiger partial charge in [-0.05, 0) is 24.3 Å². The minimum Gasteiger partial charge on any atom is -0.352 e. The van der Waals surface area contributed by atoms with Crippen LogP contribution < -0.4 is 5.32 Å². The molecule has 0 saturated heterocycles. The van der Waals surface area contributed by atoms with Crippen LogP contribution in [0.15, 0.2) is 67.0 Å². The Balaban J connectivity index is 1.63. The van der Waals surface area contributed by atoms with Crippen LogP contribution in [0.3, 0.4) is 0 Å². The lowest BCUT2D eigenvalue weighted by atomic mass is 10.0. The molecular formula is C22H19ClN4O. The van der Waals surface area contributed by atoms with Gasteiger partial charge in [0, 0.05) is 48.4 Å². The Morgan fingerprint density at radius 2 is 1.93 bits per heavy atom. The largest absolute Gasteiger partial charge is 0.352 e. The van der Waals surface area contributed by atoms with Crippen molar-refractivity contribution in [1.82, 2.24) is 19.9 Å². The van der Waals surface area contributed by atoms with Gasteiger partial charge in [0.1, 0.15) is 5.82 Å². The molecule has 6 heteroatoms. The first-order valence-electron chi connectivity index (χ1n) is 9.02. The summed E-state index contributed by atoms with van der Waals surface area (Å²) in [7, 11) is 1.94. The van der Waals surface area contributed by atoms with Gasteiger partial charge >= 0.3 is 0 Å². The number of para-hydroxylation sites is 1. The van der Waals surface area contributed by atoms with Crippen molar-refractivity contribution in [1.29, 1.82) is 0 Å². The number of benzene rings is 2. The molecule has 0 fully saturated rings. The third-order valence-electron chi connectivity index (χ3n) is 4.66. The number of hydrogen-bond donors (Lipinski definition) is 1. The second-order valence-corrected chi connectivity index (χ2v) is 6.98. The lowest BCUT2D eigenvalue weighted by Gasteiger charge is -2.11. The van der Waals surface area contributed by atoms with Gasteiger partial charge < -0.3 is 9.88 Å². The predicted octanol–water partition coefficient (Wildman–Crippen LogP) is 4.26. The van der Waals surface area contributed by atoms with Crippen molar-refractivity contribution in [3.63, 3.8) is 0 Å². The summed E-state index contributed by atoms with van der Waals surface area (Å²) in [6.45, 7) is 0.511. The standard InChI is InChI=1S/C22H19ClN4O/c1-27-13-12-24-21(27)10-11-25-22(28)18-14-20(15-6-8-16(23)9-7-15)26-19-5-3-2-4-17(18)19/h2-9,12-14H,10-11H2,1H3,(H,25,28). The number of rotatable bonds is 5. The van der Waals surface area contributed by atoms with Crippen LogP contribution in [-0.2, 0) is 13.5 Å². The molecule has 2 aromatic heterocycles. The summed E-state index contributed by atoms with van der Waals surface area (Å²) in [5.41, 5.74) is 3.04. The highest BCUT2D eigenvalue weighted by Crippen LogP contribution is 2.26. The Labute approximate surface area is 168 Å². The van der Waals surface area contributed by atoms with Crippen LogP contribution >= 0.6 is 11.6 Å². The van der Waals surface area contributed by atoms with E-state index in [1.165, 1.54) is 0 Å². The summed E-state index contributed by atoms with van der Waals surface area (Å²) in [5, 5.41) is 4.50. The number of nitrogens with one attached hydrogen (secondary N) is 1. The number of imidazole rings is 1. The molecule has 1 N–H and O–H groups in total. The molecule has 0 radical (unpaired) electrons. The van der Waals surface area contributed by atoms with Gasteiger partial charge in [0.05, 0.1) is 16.8 Å². The Bertz CT molecular complexity index is 1130. The first kappa shape index (κ1) is 18.2. The quantitative estimate of drug-likeness (QED) is 0.553. The predicted molar refractivity (Wildman–Crippen MR) is 111 cm³/mol. The number of aryl methyl sites for hydroxylation is 1. The number of carbonyl (C=O) groups excluding carboxylic acids is 1. The van der Waals surface area contributed by atoms with E-state index in [0.717, 1.165) is 28.0 Å². The van der Waals surface area contributed by atoms with Crippen LogP contribution in [-0.4, -0.2) is 27.0 Å². The fraction of sp³-hybridized carbons (Fsp3) is 0.136. The van der Waals surface area contributed by atoms with E-state index in [9.17, 15) is 4.79 Å². The molecule has 0 aliphatic rings. The molecule has 4 aromatic rings. The lowest BCUT2D eigenvalue weighted by Crippen LogP contribution is -2.26. The van der Waals surface area contributed by atoms with Crippen molar-refractivity contribution in [2.24, 2.45) is 7.05 Å². The van der Waals surface area contributed by atoms with Gasteiger partial charge in [0.25, 0.3) is 5.91 Å². The summed E-state index contributed by atoms with van der Waals surface area (Å²) in [4.78, 5) is 21.9. The summed E-state index contributed by atoms with van der Waals surface area (Å²) in [6.07, 6.45) is 4.32. The maximum Gasteiger partial charge on any atom is 0.252 e. The maximum absolute atomic E-state index is 12.9. The molecule has 0 bridgehead atoms. The third-order valence-corrected chi connectivity index (χ3v) is 4.91. The monoisotopic (exact) mass is 390 g/mol. The van der Waals surface area contributed by atoms with E-state index in [1.54, 1.807) is 6.20 Å². The van der Waals surface area contributed by atoms with Crippen molar-refractivity contribution in [2.75, 3.05) is 6.54 Å². The number of amides is 1. The number of nitrogens with zero attached hydrogens (tertiary/aromatic N) is 3. The normalized spacial score (nSPS) is 10.9. The van der Waals surface area contributed by atoms with E-state index in [1.807, 2.05) is 72.4 Å². The van der Waals surface area contributed by atoms with Crippen molar-refractivity contribution in [2.45, 2.75) is 6.42 Å². The first-order valence-corrected chi connectivity index (χ1v) is 9.40. The number of halogens is 1. The van der Waals surface area contributed by atoms with Crippen molar-refractivity contribution in [3.05, 3.63) is 83.4 Å². The molecule has 0 saturated carbocycles. The Hall–Kier alpha value is -3.18. The van der Waals surface area contributed by atoms with E-state index in [0.29, 0.717) is 23.6 Å². The highest BCUT2D eigenvalue weighted by molar-refractivity contribution is 6.30. The van der Waals surface area contributed by atoms with Crippen molar-refractivity contribution in [3.8, 4) is 11.3 Å². The number of hydrogen-bond acceptors (Lipinski definition) is 3. The van der Waals surface area contributed by atoms with Crippen LogP contribution in [0, 0.1) is 0 Å². The molecule has 0 spiro atoms. The van der Waals surface area contributed by atoms with Gasteiger partial charge in [-0.2, -0.15) is 0 Å². The molecule has 140 valence electrons. The molecular weight excluding hydrogens is 372 g/mol. The van der Waals surface area contributed by atoms with Gasteiger partial charge in [-0.3, -0.25) is 4.79 Å². The highest BCUT2D eigenvalue weighted by Gasteiger charge is 2.14. The topological polar surface area (TPSA) is 59.8 Å². The zero-order chi connectivity index (χ0) is 19.5. The van der Waals surface area contributed by atoms with E-state index in [4.69, 9.17) is 16.6 Å². The van der Waals surface area contributed by atoms with Gasteiger partial charge in [0.15, 0.2) is 0 Å². The Morgan fingerprint density at radius 3 is 2.68 bits per heavy atom. The number of aromatic nitrogens is 3. The number of carbonyl (C=O) groups is 1. The minimum atomic E-state index is -0.122. The second kappa shape index (κ2) is 7.82. The molecule has 2 heterocycles. The fourth-order valence-corrected chi connectivity index (χ4v) is 3.28. The first-order chi connectivity index (χ1) is 13.6. The summed E-state index contributed by atoms with van der Waals surface area (Å²) >= 11 is 6.00. The molecule has 5 nitrogen and oxygen atoms in total. The summed E-state index contributed by atoms with van der Waals surface area (Å²) < 4.78 is 1.95. The van der Waals surface area contributed by atoms with Crippen molar-refractivity contribution >= 4 is 28.4 Å². The van der Waals surface area contributed by atoms with Crippen molar-refractivity contribution < 1.29 is 4.79 Å². The molecule has 4 rings (SSSR count). The van der Waals surface area contributed by atoms with E-state index < -0.39 is 0 Å². The zero-order valence-corrected chi connectivity index (χ0v) is 16.1. The smallest absolute Gasteiger partial charge is 0.252 e. The minimum absolute atomic E-state index is 0.122. The highest BCUT2D eigenvalue weighted by atomic mass is 35.5. The Kier molecular flexibility index (Phi) is 5.08. The summed E-state index contributed by atoms with van der Waals surface area (Å²) in [5.74, 6) is 0.810. The zero-order valence-electron chi connectivity index (χ0n) is 15.4. The molecule has 1 amide bonds. The molecule has 0 aliphatic heterocycles. The van der Waals surface area contributed by atoms with Crippen LogP contribution in [0.4, 0.5) is 0 Å². The second-order valence-electron chi connectivity index (χ2n) is 6.54. The van der Waals surface area contributed by atoms with Crippen LogP contribution in [0.1, 0.15) is 16.2 Å². The van der Waals surface area contributed by atoms with E-state index in [-0.39, 0.29) is 5.91 Å². The molecule has 28 heavy (non-hydrogen) atoms. The SMILES string of the molecule is Cn1ccnc1CCNC(=O)c1cc(-c2ccc(Cl)cc2)nc2ccccc12. The average molecular weight is 391 g/mol. The van der Waals surface area contributed by atoms with Crippen LogP contribution in [0.25, 0.3) is 22.2 Å². The average Bonchev–Trinajstić information content (AvgIpc) is 3.12. The molecule has 2 aromatic carbocycles. The fourth-order valence-electron chi connectivity index (χ4n) is 3.15. The van der Waals surface area contributed by atoms with Gasteiger partial charge in [0.2, 0.25) is 0 Å². The van der Waals surface area contributed by atoms with E-state index >= 15 is 0 Å². The van der Waals surface area contributed by atoms with E-state index in [2.05, 4.69) is 10.3 Å². The third kappa shape index (κ3) is 3.75. The van der Waals surface area contributed by atoms with Crippen LogP contribution in [0.2, 0.25) is 5.02 Å². The Morgan fingerprint density at radius 1 is 1.14 bits per heavy atom. The van der Waals surface area contributed by atoms with Crippen LogP contribution in [0.5, 0.6) is 0 Å². The maximum atomic E-state index is 12.9. The van der Waals surface area contributed by atoms with Gasteiger partial charge in [-0.25, -0.2) is 9.97 Å². The lowest BCUT2D eigenvalue weighted by molar-refractivity contribution is 0.0955. The van der Waals surface area contributed by atoms with Gasteiger partial charge in [-0.15, -0.1) is 0 Å². The summed E-state index contributed by atoms with van der Waals surface area (Å²) in [6, 6.07) is 17.0.